The molecule has 6 nitrogen and oxygen atoms in total. The van der Waals surface area contributed by atoms with Gasteiger partial charge in [-0.3, -0.25) is 0 Å². The summed E-state index contributed by atoms with van der Waals surface area (Å²) in [7, 11) is -3.04. The molecule has 3 rings (SSSR count). The van der Waals surface area contributed by atoms with E-state index in [0.29, 0.717) is 11.4 Å². The lowest BCUT2D eigenvalue weighted by atomic mass is 10.0. The molecule has 1 saturated heterocycles. The highest BCUT2D eigenvalue weighted by molar-refractivity contribution is 7.91. The van der Waals surface area contributed by atoms with Crippen LogP contribution in [-0.2, 0) is 16.3 Å². The van der Waals surface area contributed by atoms with Gasteiger partial charge < -0.3 is 15.0 Å². The van der Waals surface area contributed by atoms with Gasteiger partial charge in [0.15, 0.2) is 9.84 Å². The number of carbonyl (C=O) groups excluding carboxylic acids is 1. The Bertz CT molecular complexity index is 742. The number of fused-ring (bicyclic) bond motifs is 1. The maximum Gasteiger partial charge on any atom is 0.322 e. The fourth-order valence-corrected chi connectivity index (χ4v) is 4.76. The average Bonchev–Trinajstić information content (AvgIpc) is 2.72. The molecule has 2 aliphatic heterocycles. The second-order valence-corrected chi connectivity index (χ2v) is 9.15. The van der Waals surface area contributed by atoms with E-state index in [9.17, 15) is 13.2 Å². The van der Waals surface area contributed by atoms with Gasteiger partial charge in [-0.2, -0.15) is 0 Å². The third-order valence-corrected chi connectivity index (χ3v) is 6.06. The van der Waals surface area contributed by atoms with Crippen LogP contribution in [-0.4, -0.2) is 49.0 Å². The van der Waals surface area contributed by atoms with E-state index in [2.05, 4.69) is 5.32 Å². The molecule has 1 N–H and O–H groups in total. The monoisotopic (exact) mass is 338 g/mol. The van der Waals surface area contributed by atoms with Crippen molar-refractivity contribution in [2.75, 3.05) is 23.4 Å². The van der Waals surface area contributed by atoms with E-state index in [-0.39, 0.29) is 35.7 Å². The smallest absolute Gasteiger partial charge is 0.322 e. The zero-order valence-electron chi connectivity index (χ0n) is 13.6. The van der Waals surface area contributed by atoms with Crippen LogP contribution in [0, 0.1) is 0 Å². The molecule has 2 aliphatic rings. The van der Waals surface area contributed by atoms with E-state index in [1.165, 1.54) is 0 Å². The summed E-state index contributed by atoms with van der Waals surface area (Å²) in [5.74, 6) is 0.737. The van der Waals surface area contributed by atoms with Gasteiger partial charge in [0.2, 0.25) is 0 Å². The Kier molecular flexibility index (Phi) is 3.78. The zero-order chi connectivity index (χ0) is 16.8. The molecule has 1 atom stereocenters. The number of anilines is 1. The van der Waals surface area contributed by atoms with Crippen molar-refractivity contribution in [1.82, 2.24) is 4.90 Å². The first-order valence-corrected chi connectivity index (χ1v) is 9.58. The third kappa shape index (κ3) is 3.29. The summed E-state index contributed by atoms with van der Waals surface area (Å²) >= 11 is 0. The normalized spacial score (nSPS) is 24.7. The lowest BCUT2D eigenvalue weighted by molar-refractivity contribution is 0.139. The lowest BCUT2D eigenvalue weighted by Crippen LogP contribution is -2.51. The van der Waals surface area contributed by atoms with Crippen molar-refractivity contribution in [3.63, 3.8) is 0 Å². The number of amides is 2. The Hall–Kier alpha value is -1.76. The van der Waals surface area contributed by atoms with E-state index in [4.69, 9.17) is 4.74 Å². The van der Waals surface area contributed by atoms with Gasteiger partial charge >= 0.3 is 6.03 Å². The molecule has 2 heterocycles. The van der Waals surface area contributed by atoms with E-state index in [1.807, 2.05) is 32.0 Å². The van der Waals surface area contributed by atoms with Gasteiger partial charge in [-0.05, 0) is 26.8 Å². The van der Waals surface area contributed by atoms with Crippen molar-refractivity contribution in [3.8, 4) is 5.75 Å². The summed E-state index contributed by atoms with van der Waals surface area (Å²) in [6.45, 7) is 5.99. The van der Waals surface area contributed by atoms with E-state index >= 15 is 0 Å². The summed E-state index contributed by atoms with van der Waals surface area (Å²) in [6.07, 6.45) is 0.796. The van der Waals surface area contributed by atoms with Crippen molar-refractivity contribution in [3.05, 3.63) is 23.8 Å². The van der Waals surface area contributed by atoms with E-state index < -0.39 is 9.84 Å². The first-order valence-electron chi connectivity index (χ1n) is 7.76. The van der Waals surface area contributed by atoms with E-state index in [0.717, 1.165) is 12.0 Å². The summed E-state index contributed by atoms with van der Waals surface area (Å²) in [4.78, 5) is 14.1. The highest BCUT2D eigenvalue weighted by Gasteiger charge is 2.34. The van der Waals surface area contributed by atoms with Gasteiger partial charge in [-0.15, -0.1) is 0 Å². The van der Waals surface area contributed by atoms with Crippen LogP contribution >= 0.6 is 0 Å². The quantitative estimate of drug-likeness (QED) is 0.850. The summed E-state index contributed by atoms with van der Waals surface area (Å²) < 4.78 is 29.2. The van der Waals surface area contributed by atoms with Crippen molar-refractivity contribution >= 4 is 21.6 Å². The Morgan fingerprint density at radius 3 is 2.83 bits per heavy atom. The molecule has 1 fully saturated rings. The first kappa shape index (κ1) is 16.1. The number of nitrogens with zero attached hydrogens (tertiary/aromatic N) is 1. The van der Waals surface area contributed by atoms with Crippen LogP contribution < -0.4 is 10.1 Å². The zero-order valence-corrected chi connectivity index (χ0v) is 14.4. The summed E-state index contributed by atoms with van der Waals surface area (Å²) in [5.41, 5.74) is 1.43. The molecule has 0 bridgehead atoms. The maximum atomic E-state index is 12.5. The number of hydrogen-bond donors (Lipinski definition) is 1. The van der Waals surface area contributed by atoms with Crippen molar-refractivity contribution in [1.29, 1.82) is 0 Å². The number of sulfone groups is 1. The molecule has 0 aromatic heterocycles. The second kappa shape index (κ2) is 5.40. The number of rotatable bonds is 1. The molecule has 1 aromatic carbocycles. The van der Waals surface area contributed by atoms with Crippen LogP contribution in [0.15, 0.2) is 18.2 Å². The predicted molar refractivity (Wildman–Crippen MR) is 88.7 cm³/mol. The molecule has 0 radical (unpaired) electrons. The molecule has 7 heteroatoms. The predicted octanol–water partition coefficient (Wildman–Crippen LogP) is 2.05. The maximum absolute atomic E-state index is 12.5. The van der Waals surface area contributed by atoms with Crippen LogP contribution in [0.25, 0.3) is 0 Å². The van der Waals surface area contributed by atoms with Gasteiger partial charge in [0, 0.05) is 24.6 Å². The van der Waals surface area contributed by atoms with Crippen LogP contribution in [0.1, 0.15) is 26.3 Å². The fourth-order valence-electron chi connectivity index (χ4n) is 3.20. The lowest BCUT2D eigenvalue weighted by Gasteiger charge is -2.33. The molecule has 0 spiro atoms. The second-order valence-electron chi connectivity index (χ2n) is 6.92. The van der Waals surface area contributed by atoms with Crippen molar-refractivity contribution in [2.24, 2.45) is 0 Å². The Balaban J connectivity index is 1.77. The highest BCUT2D eigenvalue weighted by atomic mass is 32.2. The largest absolute Gasteiger partial charge is 0.485 e. The van der Waals surface area contributed by atoms with Gasteiger partial charge in [0.05, 0.1) is 17.2 Å². The molecule has 0 aliphatic carbocycles. The minimum Gasteiger partial charge on any atom is -0.485 e. The van der Waals surface area contributed by atoms with Crippen LogP contribution in [0.3, 0.4) is 0 Å². The van der Waals surface area contributed by atoms with Crippen LogP contribution in [0.5, 0.6) is 5.75 Å². The standard InChI is InChI=1S/C16H22N2O4S/c1-11-10-23(20,21)8-7-18(11)15(19)17-13-6-4-5-12-9-16(2,3)22-14(12)13/h4-6,11H,7-10H2,1-3H3,(H,17,19)/t11-/m0/s1. The molecule has 0 unspecified atom stereocenters. The van der Waals surface area contributed by atoms with Gasteiger partial charge in [-0.1, -0.05) is 12.1 Å². The molecule has 23 heavy (non-hydrogen) atoms. The minimum atomic E-state index is -3.04. The number of hydrogen-bond acceptors (Lipinski definition) is 4. The number of carbonyl (C=O) groups is 1. The number of para-hydroxylation sites is 1. The first-order chi connectivity index (χ1) is 10.7. The molecule has 2 amide bonds. The molecule has 1 aromatic rings. The number of nitrogens with one attached hydrogen (secondary N) is 1. The fraction of sp³-hybridized carbons (Fsp3) is 0.562. The molecular weight excluding hydrogens is 316 g/mol. The van der Waals surface area contributed by atoms with Crippen molar-refractivity contribution < 1.29 is 17.9 Å². The summed E-state index contributed by atoms with van der Waals surface area (Å²) in [6, 6.07) is 5.08. The Morgan fingerprint density at radius 2 is 2.13 bits per heavy atom. The van der Waals surface area contributed by atoms with Crippen molar-refractivity contribution in [2.45, 2.75) is 38.8 Å². The van der Waals surface area contributed by atoms with Crippen LogP contribution in [0.4, 0.5) is 10.5 Å². The Morgan fingerprint density at radius 1 is 1.39 bits per heavy atom. The summed E-state index contributed by atoms with van der Waals surface area (Å²) in [5, 5.41) is 2.87. The molecular formula is C16H22N2O4S. The average molecular weight is 338 g/mol. The number of urea groups is 1. The van der Waals surface area contributed by atoms with Crippen LogP contribution in [0.2, 0.25) is 0 Å². The number of ether oxygens (including phenoxy) is 1. The van der Waals surface area contributed by atoms with Gasteiger partial charge in [0.25, 0.3) is 0 Å². The van der Waals surface area contributed by atoms with Gasteiger partial charge in [0.1, 0.15) is 11.4 Å². The SMILES string of the molecule is C[C@H]1CS(=O)(=O)CCN1C(=O)Nc1cccc2c1OC(C)(C)C2. The highest BCUT2D eigenvalue weighted by Crippen LogP contribution is 2.40. The Labute approximate surface area is 136 Å². The minimum absolute atomic E-state index is 0.0108. The number of benzene rings is 1. The molecule has 126 valence electrons. The molecule has 0 saturated carbocycles. The van der Waals surface area contributed by atoms with Gasteiger partial charge in [-0.25, -0.2) is 13.2 Å². The third-order valence-electron chi connectivity index (χ3n) is 4.26. The van der Waals surface area contributed by atoms with E-state index in [1.54, 1.807) is 11.8 Å². The topological polar surface area (TPSA) is 75.7 Å².